The Bertz CT molecular complexity index is 588. The summed E-state index contributed by atoms with van der Waals surface area (Å²) in [5.41, 5.74) is 1.02. The van der Waals surface area contributed by atoms with Gasteiger partial charge in [0.2, 0.25) is 0 Å². The maximum absolute atomic E-state index is 5.97. The van der Waals surface area contributed by atoms with Gasteiger partial charge in [-0.05, 0) is 56.1 Å². The molecule has 0 aliphatic carbocycles. The molecule has 0 amide bonds. The summed E-state index contributed by atoms with van der Waals surface area (Å²) in [5.74, 6) is 3.19. The van der Waals surface area contributed by atoms with Gasteiger partial charge in [0, 0.05) is 17.5 Å². The summed E-state index contributed by atoms with van der Waals surface area (Å²) in [4.78, 5) is 0. The standard InChI is InChI=1S/C16H18ClNO2/c1-11-8-13(17)2-3-14(11)20-15-5-7-19-16(15)9-12-4-6-18-10-12/h2-3,5,7-8,12,18H,4,6,9-10H2,1H3. The topological polar surface area (TPSA) is 34.4 Å². The second-order valence-electron chi connectivity index (χ2n) is 5.28. The summed E-state index contributed by atoms with van der Waals surface area (Å²) >= 11 is 5.96. The second kappa shape index (κ2) is 5.90. The molecule has 3 rings (SSSR count). The molecule has 1 fully saturated rings. The Morgan fingerprint density at radius 1 is 1.35 bits per heavy atom. The average Bonchev–Trinajstić information content (AvgIpc) is 3.06. The number of halogens is 1. The van der Waals surface area contributed by atoms with E-state index >= 15 is 0 Å². The van der Waals surface area contributed by atoms with E-state index < -0.39 is 0 Å². The number of ether oxygens (including phenoxy) is 1. The van der Waals surface area contributed by atoms with Gasteiger partial charge in [-0.3, -0.25) is 0 Å². The molecule has 0 saturated carbocycles. The number of nitrogens with one attached hydrogen (secondary N) is 1. The van der Waals surface area contributed by atoms with Crippen molar-refractivity contribution in [2.75, 3.05) is 13.1 Å². The van der Waals surface area contributed by atoms with Crippen molar-refractivity contribution in [2.45, 2.75) is 19.8 Å². The predicted octanol–water partition coefficient (Wildman–Crippen LogP) is 4.19. The summed E-state index contributed by atoms with van der Waals surface area (Å²) in [5, 5.41) is 4.09. The molecule has 1 N–H and O–H groups in total. The lowest BCUT2D eigenvalue weighted by atomic mass is 10.0. The third-order valence-corrected chi connectivity index (χ3v) is 3.93. The highest BCUT2D eigenvalue weighted by Crippen LogP contribution is 2.32. The Kier molecular flexibility index (Phi) is 3.99. The first-order valence-electron chi connectivity index (χ1n) is 6.93. The Morgan fingerprint density at radius 3 is 3.00 bits per heavy atom. The summed E-state index contributed by atoms with van der Waals surface area (Å²) in [6.45, 7) is 4.14. The minimum absolute atomic E-state index is 0.634. The molecule has 1 atom stereocenters. The van der Waals surface area contributed by atoms with Crippen LogP contribution in [0.25, 0.3) is 0 Å². The second-order valence-corrected chi connectivity index (χ2v) is 5.72. The van der Waals surface area contributed by atoms with E-state index in [2.05, 4.69) is 5.32 Å². The molecule has 1 aromatic carbocycles. The van der Waals surface area contributed by atoms with Gasteiger partial charge >= 0.3 is 0 Å². The van der Waals surface area contributed by atoms with E-state index in [9.17, 15) is 0 Å². The monoisotopic (exact) mass is 291 g/mol. The van der Waals surface area contributed by atoms with Crippen molar-refractivity contribution in [3.63, 3.8) is 0 Å². The van der Waals surface area contributed by atoms with Crippen molar-refractivity contribution in [2.24, 2.45) is 5.92 Å². The SMILES string of the molecule is Cc1cc(Cl)ccc1Oc1ccoc1CC1CCNC1. The van der Waals surface area contributed by atoms with Gasteiger partial charge in [0.1, 0.15) is 11.5 Å². The van der Waals surface area contributed by atoms with Crippen LogP contribution in [-0.4, -0.2) is 13.1 Å². The van der Waals surface area contributed by atoms with Crippen LogP contribution >= 0.6 is 11.6 Å². The third kappa shape index (κ3) is 3.00. The summed E-state index contributed by atoms with van der Waals surface area (Å²) < 4.78 is 11.6. The highest BCUT2D eigenvalue weighted by Gasteiger charge is 2.19. The van der Waals surface area contributed by atoms with E-state index in [0.717, 1.165) is 47.4 Å². The Hall–Kier alpha value is -1.45. The molecule has 0 bridgehead atoms. The quantitative estimate of drug-likeness (QED) is 0.917. The minimum atomic E-state index is 0.634. The van der Waals surface area contributed by atoms with Crippen molar-refractivity contribution in [3.8, 4) is 11.5 Å². The molecule has 0 spiro atoms. The number of rotatable bonds is 4. The fourth-order valence-electron chi connectivity index (χ4n) is 2.57. The lowest BCUT2D eigenvalue weighted by Crippen LogP contribution is -2.10. The van der Waals surface area contributed by atoms with E-state index in [-0.39, 0.29) is 0 Å². The van der Waals surface area contributed by atoms with Crippen LogP contribution in [0.1, 0.15) is 17.7 Å². The van der Waals surface area contributed by atoms with Crippen LogP contribution in [0.2, 0.25) is 5.02 Å². The number of aryl methyl sites for hydroxylation is 1. The molecule has 0 radical (unpaired) electrons. The van der Waals surface area contributed by atoms with E-state index in [4.69, 9.17) is 20.8 Å². The number of hydrogen-bond donors (Lipinski definition) is 1. The van der Waals surface area contributed by atoms with Crippen molar-refractivity contribution < 1.29 is 9.15 Å². The normalized spacial score (nSPS) is 18.4. The van der Waals surface area contributed by atoms with Crippen LogP contribution in [0.15, 0.2) is 34.9 Å². The Labute approximate surface area is 123 Å². The number of hydrogen-bond acceptors (Lipinski definition) is 3. The van der Waals surface area contributed by atoms with Crippen LogP contribution in [-0.2, 0) is 6.42 Å². The molecule has 1 aliphatic heterocycles. The molecule has 1 saturated heterocycles. The van der Waals surface area contributed by atoms with Gasteiger partial charge < -0.3 is 14.5 Å². The maximum atomic E-state index is 5.97. The highest BCUT2D eigenvalue weighted by atomic mass is 35.5. The minimum Gasteiger partial charge on any atom is -0.465 e. The van der Waals surface area contributed by atoms with Crippen LogP contribution in [0.4, 0.5) is 0 Å². The molecule has 20 heavy (non-hydrogen) atoms. The van der Waals surface area contributed by atoms with E-state index in [0.29, 0.717) is 5.92 Å². The average molecular weight is 292 g/mol. The highest BCUT2D eigenvalue weighted by molar-refractivity contribution is 6.30. The molecule has 3 nitrogen and oxygen atoms in total. The van der Waals surface area contributed by atoms with Crippen LogP contribution in [0, 0.1) is 12.8 Å². The molecular formula is C16H18ClNO2. The van der Waals surface area contributed by atoms with Crippen LogP contribution < -0.4 is 10.1 Å². The van der Waals surface area contributed by atoms with Crippen molar-refractivity contribution in [3.05, 3.63) is 46.9 Å². The zero-order valence-electron chi connectivity index (χ0n) is 11.5. The molecule has 1 unspecified atom stereocenters. The first-order valence-corrected chi connectivity index (χ1v) is 7.31. The molecule has 1 aliphatic rings. The Morgan fingerprint density at radius 2 is 2.25 bits per heavy atom. The molecular weight excluding hydrogens is 274 g/mol. The van der Waals surface area contributed by atoms with E-state index in [1.54, 1.807) is 6.26 Å². The van der Waals surface area contributed by atoms with Gasteiger partial charge in [-0.25, -0.2) is 0 Å². The largest absolute Gasteiger partial charge is 0.465 e. The summed E-state index contributed by atoms with van der Waals surface area (Å²) in [6, 6.07) is 7.51. The van der Waals surface area contributed by atoms with Gasteiger partial charge in [0.25, 0.3) is 0 Å². The van der Waals surface area contributed by atoms with Crippen molar-refractivity contribution >= 4 is 11.6 Å². The van der Waals surface area contributed by atoms with Crippen molar-refractivity contribution in [1.82, 2.24) is 5.32 Å². The smallest absolute Gasteiger partial charge is 0.168 e. The molecule has 2 heterocycles. The summed E-state index contributed by atoms with van der Waals surface area (Å²) in [7, 11) is 0. The molecule has 2 aromatic rings. The fraction of sp³-hybridized carbons (Fsp3) is 0.375. The van der Waals surface area contributed by atoms with Gasteiger partial charge in [0.15, 0.2) is 5.75 Å². The number of furan rings is 1. The van der Waals surface area contributed by atoms with Crippen LogP contribution in [0.3, 0.4) is 0 Å². The third-order valence-electron chi connectivity index (χ3n) is 3.70. The number of benzene rings is 1. The van der Waals surface area contributed by atoms with Gasteiger partial charge in [-0.15, -0.1) is 0 Å². The maximum Gasteiger partial charge on any atom is 0.168 e. The lowest BCUT2D eigenvalue weighted by Gasteiger charge is -2.11. The Balaban J connectivity index is 1.75. The summed E-state index contributed by atoms with van der Waals surface area (Å²) in [6.07, 6.45) is 3.81. The van der Waals surface area contributed by atoms with Gasteiger partial charge in [0.05, 0.1) is 6.26 Å². The van der Waals surface area contributed by atoms with E-state index in [1.807, 2.05) is 31.2 Å². The van der Waals surface area contributed by atoms with Crippen LogP contribution in [0.5, 0.6) is 11.5 Å². The first kappa shape index (κ1) is 13.5. The fourth-order valence-corrected chi connectivity index (χ4v) is 2.79. The first-order chi connectivity index (χ1) is 9.72. The zero-order chi connectivity index (χ0) is 13.9. The lowest BCUT2D eigenvalue weighted by molar-refractivity contribution is 0.412. The molecule has 4 heteroatoms. The van der Waals surface area contributed by atoms with Crippen molar-refractivity contribution in [1.29, 1.82) is 0 Å². The van der Waals surface area contributed by atoms with E-state index in [1.165, 1.54) is 6.42 Å². The van der Waals surface area contributed by atoms with Gasteiger partial charge in [-0.1, -0.05) is 11.6 Å². The zero-order valence-corrected chi connectivity index (χ0v) is 12.2. The molecule has 106 valence electrons. The predicted molar refractivity (Wildman–Crippen MR) is 79.7 cm³/mol. The van der Waals surface area contributed by atoms with Gasteiger partial charge in [-0.2, -0.15) is 0 Å². The molecule has 1 aromatic heterocycles.